The van der Waals surface area contributed by atoms with Crippen molar-refractivity contribution < 1.29 is 120 Å². The van der Waals surface area contributed by atoms with Crippen LogP contribution in [0.1, 0.15) is 83.0 Å². The summed E-state index contributed by atoms with van der Waals surface area (Å²) in [6.07, 6.45) is -18.0. The molecule has 4 aliphatic heterocycles. The Hall–Kier alpha value is -4.13. The number of carbonyl (C=O) groups is 4. The van der Waals surface area contributed by atoms with Crippen LogP contribution in [0.5, 0.6) is 5.75 Å². The Morgan fingerprint density at radius 3 is 1.50 bits per heavy atom. The van der Waals surface area contributed by atoms with E-state index in [2.05, 4.69) is 44.5 Å². The minimum Gasteiger partial charge on any atom is -0.726 e. The smallest absolute Gasteiger partial charge is 0.251 e. The summed E-state index contributed by atoms with van der Waals surface area (Å²) in [5.41, 5.74) is 0.0787. The van der Waals surface area contributed by atoms with E-state index in [1.165, 1.54) is 31.4 Å². The quantitative estimate of drug-likeness (QED) is 0.0170. The molecule has 4 amide bonds. The topological polar surface area (TPSA) is 439 Å². The summed E-state index contributed by atoms with van der Waals surface area (Å²) in [5.74, 6) is -2.74. The number of rotatable bonds is 27. The van der Waals surface area contributed by atoms with Gasteiger partial charge in [-0.2, -0.15) is 0 Å². The van der Waals surface area contributed by atoms with Crippen LogP contribution < -0.4 is 26.0 Å². The van der Waals surface area contributed by atoms with E-state index in [4.69, 9.17) is 37.9 Å². The van der Waals surface area contributed by atoms with Crippen molar-refractivity contribution in [2.24, 2.45) is 0 Å². The van der Waals surface area contributed by atoms with E-state index >= 15 is 0 Å². The van der Waals surface area contributed by atoms with E-state index < -0.39 is 183 Å². The molecule has 0 spiro atoms. The Balaban J connectivity index is 1.33. The van der Waals surface area contributed by atoms with E-state index in [9.17, 15) is 78.1 Å². The number of carbonyl (C=O) groups excluding carboxylic acids is 4. The van der Waals surface area contributed by atoms with Gasteiger partial charge in [0.05, 0.1) is 33.0 Å². The predicted octanol–water partition coefficient (Wildman–Crippen LogP) is -4.71. The zero-order valence-electron chi connectivity index (χ0n) is 43.5. The Labute approximate surface area is 450 Å². The average Bonchev–Trinajstić information content (AvgIpc) is 3.43. The van der Waals surface area contributed by atoms with E-state index in [1.807, 2.05) is 0 Å². The number of ether oxygens (including phenoxy) is 8. The van der Waals surface area contributed by atoms with Crippen molar-refractivity contribution in [3.8, 4) is 5.75 Å². The van der Waals surface area contributed by atoms with Crippen LogP contribution in [-0.4, -0.2) is 238 Å². The molecule has 4 fully saturated rings. The summed E-state index contributed by atoms with van der Waals surface area (Å²) in [6, 6.07) is -0.782. The molecule has 13 N–H and O–H groups in total. The van der Waals surface area contributed by atoms with Gasteiger partial charge in [-0.15, -0.1) is 0 Å². The lowest BCUT2D eigenvalue weighted by Crippen LogP contribution is -2.71. The molecule has 20 atom stereocenters. The Morgan fingerprint density at radius 1 is 0.577 bits per heavy atom. The SMILES string of the molecule is CCCCCC/C=C\CCCOc1ccc(C(=O)NC2[C@H](O[C@@H]3C(CO)O[C@H](O[C@H]4C(CO)O[C@@H](O[C@@H]5C(COS(=O)(=O)[O-])OC(O)C(NC(C)=O)C5O)C(NC(C)=O)[C@H]4O)C(NC(C)=O)C3O)OC(CO)[C@H](O)[C@@H]2O)cc1. The van der Waals surface area contributed by atoms with Crippen molar-refractivity contribution in [1.29, 1.82) is 0 Å². The highest BCUT2D eigenvalue weighted by molar-refractivity contribution is 7.80. The second kappa shape index (κ2) is 30.6. The largest absolute Gasteiger partial charge is 0.726 e. The summed E-state index contributed by atoms with van der Waals surface area (Å²) in [7, 11) is -5.41. The number of benzene rings is 1. The molecular weight excluding hydrogens is 1060 g/mol. The third-order valence-electron chi connectivity index (χ3n) is 13.2. The zero-order chi connectivity index (χ0) is 57.4. The summed E-state index contributed by atoms with van der Waals surface area (Å²) in [6.45, 7) is 1.58. The number of aliphatic hydroxyl groups is 9. The van der Waals surface area contributed by atoms with Gasteiger partial charge in [0.1, 0.15) is 103 Å². The highest BCUT2D eigenvalue weighted by Gasteiger charge is 2.56. The molecule has 0 aromatic heterocycles. The maximum Gasteiger partial charge on any atom is 0.251 e. The maximum absolute atomic E-state index is 13.7. The molecule has 444 valence electrons. The van der Waals surface area contributed by atoms with E-state index in [0.29, 0.717) is 12.4 Å². The molecular formula is C48H75N4O25S-. The first kappa shape index (κ1) is 64.7. The molecule has 0 aliphatic carbocycles. The molecule has 29 nitrogen and oxygen atoms in total. The van der Waals surface area contributed by atoms with Crippen molar-refractivity contribution in [3.63, 3.8) is 0 Å². The van der Waals surface area contributed by atoms with Gasteiger partial charge in [-0.1, -0.05) is 38.3 Å². The molecule has 4 aliphatic rings. The van der Waals surface area contributed by atoms with Crippen LogP contribution >= 0.6 is 0 Å². The number of nitrogens with one attached hydrogen (secondary N) is 4. The zero-order valence-corrected chi connectivity index (χ0v) is 44.3. The number of unbranched alkanes of at least 4 members (excludes halogenated alkanes) is 5. The van der Waals surface area contributed by atoms with Gasteiger partial charge in [-0.3, -0.25) is 23.4 Å². The van der Waals surface area contributed by atoms with Crippen molar-refractivity contribution in [2.75, 3.05) is 33.0 Å². The minimum absolute atomic E-state index is 0.0787. The van der Waals surface area contributed by atoms with Crippen molar-refractivity contribution in [2.45, 2.75) is 195 Å². The molecule has 5 rings (SSSR count). The Morgan fingerprint density at radius 2 is 1.03 bits per heavy atom. The molecule has 1 aromatic carbocycles. The lowest BCUT2D eigenvalue weighted by Gasteiger charge is -2.51. The highest BCUT2D eigenvalue weighted by Crippen LogP contribution is 2.35. The fraction of sp³-hybridized carbons (Fsp3) is 0.750. The van der Waals surface area contributed by atoms with Crippen molar-refractivity contribution >= 4 is 34.0 Å². The molecule has 4 saturated heterocycles. The number of allylic oxidation sites excluding steroid dienone is 2. The number of hydrogen-bond acceptors (Lipinski definition) is 25. The molecule has 0 bridgehead atoms. The molecule has 78 heavy (non-hydrogen) atoms. The van der Waals surface area contributed by atoms with Crippen LogP contribution in [-0.2, 0) is 62.1 Å². The van der Waals surface area contributed by atoms with Crippen molar-refractivity contribution in [3.05, 3.63) is 42.0 Å². The first-order chi connectivity index (χ1) is 37.0. The van der Waals surface area contributed by atoms with Gasteiger partial charge in [0, 0.05) is 26.3 Å². The van der Waals surface area contributed by atoms with Gasteiger partial charge in [0.15, 0.2) is 25.2 Å². The highest BCUT2D eigenvalue weighted by atomic mass is 32.3. The first-order valence-corrected chi connectivity index (χ1v) is 26.9. The van der Waals surface area contributed by atoms with Crippen LogP contribution in [0.2, 0.25) is 0 Å². The van der Waals surface area contributed by atoms with Gasteiger partial charge in [0.25, 0.3) is 5.91 Å². The Kier molecular flexibility index (Phi) is 25.4. The van der Waals surface area contributed by atoms with E-state index in [-0.39, 0.29) is 5.56 Å². The average molecular weight is 1140 g/mol. The summed E-state index contributed by atoms with van der Waals surface area (Å²) < 4.78 is 85.5. The molecule has 0 saturated carbocycles. The van der Waals surface area contributed by atoms with Gasteiger partial charge in [-0.25, -0.2) is 8.42 Å². The molecule has 30 heteroatoms. The predicted molar refractivity (Wildman–Crippen MR) is 262 cm³/mol. The van der Waals surface area contributed by atoms with E-state index in [1.54, 1.807) is 12.1 Å². The monoisotopic (exact) mass is 1140 g/mol. The van der Waals surface area contributed by atoms with Crippen LogP contribution in [0.3, 0.4) is 0 Å². The van der Waals surface area contributed by atoms with E-state index in [0.717, 1.165) is 46.5 Å². The molecule has 11 unspecified atom stereocenters. The third kappa shape index (κ3) is 17.9. The summed E-state index contributed by atoms with van der Waals surface area (Å²) in [5, 5.41) is 109. The lowest BCUT2D eigenvalue weighted by molar-refractivity contribution is -0.361. The van der Waals surface area contributed by atoms with Crippen LogP contribution in [0.4, 0.5) is 0 Å². The van der Waals surface area contributed by atoms with Gasteiger partial charge >= 0.3 is 0 Å². The second-order valence-corrected chi connectivity index (χ2v) is 20.3. The second-order valence-electron chi connectivity index (χ2n) is 19.2. The molecule has 1 aromatic rings. The summed E-state index contributed by atoms with van der Waals surface area (Å²) >= 11 is 0. The van der Waals surface area contributed by atoms with Crippen molar-refractivity contribution in [1.82, 2.24) is 21.3 Å². The van der Waals surface area contributed by atoms with Gasteiger partial charge < -0.3 is 110 Å². The third-order valence-corrected chi connectivity index (χ3v) is 13.7. The van der Waals surface area contributed by atoms with Crippen LogP contribution in [0.25, 0.3) is 0 Å². The fourth-order valence-electron chi connectivity index (χ4n) is 9.33. The standard InChI is InChI=1S/C48H76N4O25S/c1-5-6-7-8-9-10-11-12-13-18-69-27-16-14-26(15-17-27)44(64)52-33-37(60)36(59)28(19-53)72-46(33)75-41-29(20-54)73-47(34(39(41)62)50-24(3)57)76-42-30(21-55)74-48(35(40(42)63)51-25(4)58)77-43-31(22-70-78(66,67)68)71-45(65)32(38(43)61)49-23(2)56/h10-11,14-17,28-43,45-48,53-55,59-63,65H,5-9,12-13,18-22H2,1-4H3,(H,49,56)(H,50,57)(H,51,58)(H,52,64)(H,66,67,68)/p-1/b11-10-/t28?,29?,30?,31?,32?,33?,34?,35?,36-,37+,38?,39?,40+,41+,42-,43+,45?,46-,47+,48-/m0/s1. The normalized spacial score (nSPS) is 35.4. The molecule has 4 heterocycles. The Bertz CT molecular complexity index is 2200. The van der Waals surface area contributed by atoms with Gasteiger partial charge in [-0.05, 0) is 49.9 Å². The summed E-state index contributed by atoms with van der Waals surface area (Å²) in [4.78, 5) is 50.9. The number of amides is 4. The van der Waals surface area contributed by atoms with Crippen LogP contribution in [0, 0.1) is 0 Å². The number of hydrogen-bond donors (Lipinski definition) is 13. The lowest BCUT2D eigenvalue weighted by atomic mass is 9.93. The van der Waals surface area contributed by atoms with Crippen LogP contribution in [0.15, 0.2) is 36.4 Å². The fourth-order valence-corrected chi connectivity index (χ4v) is 9.63. The van der Waals surface area contributed by atoms with Gasteiger partial charge in [0.2, 0.25) is 28.1 Å². The number of aliphatic hydroxyl groups excluding tert-OH is 9. The minimum atomic E-state index is -5.41. The maximum atomic E-state index is 13.7. The molecule has 0 radical (unpaired) electrons. The first-order valence-electron chi connectivity index (χ1n) is 25.6.